The van der Waals surface area contributed by atoms with Crippen LogP contribution in [-0.2, 0) is 23.7 Å². The van der Waals surface area contributed by atoms with E-state index in [4.69, 9.17) is 41.7 Å². The fourth-order valence-electron chi connectivity index (χ4n) is 2.37. The number of hydrogen-bond acceptors (Lipinski definition) is 8. The number of halogens is 1. The van der Waals surface area contributed by atoms with Gasteiger partial charge in [0.15, 0.2) is 0 Å². The van der Waals surface area contributed by atoms with Gasteiger partial charge in [0.1, 0.15) is 12.3 Å². The first-order chi connectivity index (χ1) is 15.1. The summed E-state index contributed by atoms with van der Waals surface area (Å²) in [5.74, 6) is 2.38. The molecule has 31 heavy (non-hydrogen) atoms. The lowest BCUT2D eigenvalue weighted by Gasteiger charge is -2.08. The van der Waals surface area contributed by atoms with Crippen LogP contribution in [0.2, 0.25) is 5.02 Å². The Bertz CT molecular complexity index is 655. The second-order valence-electron chi connectivity index (χ2n) is 6.26. The molecule has 0 unspecified atom stereocenters. The number of hydrogen-bond donors (Lipinski definition) is 1. The van der Waals surface area contributed by atoms with Crippen LogP contribution in [0.5, 0.6) is 0 Å². The van der Waals surface area contributed by atoms with E-state index >= 15 is 0 Å². The van der Waals surface area contributed by atoms with Crippen LogP contribution in [0.15, 0.2) is 18.2 Å². The summed E-state index contributed by atoms with van der Waals surface area (Å²) in [5, 5.41) is 14.4. The highest BCUT2D eigenvalue weighted by Crippen LogP contribution is 2.27. The zero-order valence-corrected chi connectivity index (χ0v) is 18.4. The summed E-state index contributed by atoms with van der Waals surface area (Å²) in [6.45, 7) is 5.51. The average molecular weight is 459 g/mol. The lowest BCUT2D eigenvalue weighted by atomic mass is 10.2. The molecule has 0 amide bonds. The van der Waals surface area contributed by atoms with Crippen LogP contribution in [-0.4, -0.2) is 77.5 Å². The van der Waals surface area contributed by atoms with Crippen LogP contribution in [0, 0.1) is 22.5 Å². The number of ether oxygens (including phenoxy) is 5. The van der Waals surface area contributed by atoms with Gasteiger partial charge in [-0.05, 0) is 25.0 Å². The third kappa shape index (κ3) is 14.7. The summed E-state index contributed by atoms with van der Waals surface area (Å²) in [6.07, 6.45) is 6.72. The van der Waals surface area contributed by atoms with Crippen LogP contribution < -0.4 is 5.32 Å². The van der Waals surface area contributed by atoms with Crippen molar-refractivity contribution in [3.05, 3.63) is 33.3 Å². The van der Waals surface area contributed by atoms with Crippen LogP contribution in [0.4, 0.5) is 11.4 Å². The minimum absolute atomic E-state index is 0.0249. The molecule has 0 aliphatic rings. The molecule has 0 saturated heterocycles. The van der Waals surface area contributed by atoms with E-state index in [-0.39, 0.29) is 5.69 Å². The number of nitro benzene ring substituents is 1. The van der Waals surface area contributed by atoms with Gasteiger partial charge in [-0.15, -0.1) is 6.42 Å². The van der Waals surface area contributed by atoms with Gasteiger partial charge in [-0.3, -0.25) is 10.1 Å². The number of nitrogens with one attached hydrogen (secondary N) is 1. The van der Waals surface area contributed by atoms with E-state index in [1.165, 1.54) is 6.07 Å². The molecule has 0 aromatic heterocycles. The summed E-state index contributed by atoms with van der Waals surface area (Å²) in [6, 6.07) is 4.58. The summed E-state index contributed by atoms with van der Waals surface area (Å²) in [5.41, 5.74) is 0.440. The van der Waals surface area contributed by atoms with Gasteiger partial charge in [0.05, 0.1) is 57.8 Å². The molecule has 0 aliphatic heterocycles. The standard InChI is InChI=1S/C21H31ClN2O7/c1-2-8-27-10-12-29-14-16-31-17-15-30-13-11-28-9-4-3-7-23-20-6-5-19(22)18-21(20)24(25)26/h1,5-6,18,23H,3-4,7-17H2. The van der Waals surface area contributed by atoms with E-state index in [9.17, 15) is 10.1 Å². The molecule has 1 rings (SSSR count). The first-order valence-corrected chi connectivity index (χ1v) is 10.5. The van der Waals surface area contributed by atoms with Crippen molar-refractivity contribution in [2.45, 2.75) is 12.8 Å². The van der Waals surface area contributed by atoms with Crippen LogP contribution in [0.3, 0.4) is 0 Å². The highest BCUT2D eigenvalue weighted by molar-refractivity contribution is 6.30. The highest BCUT2D eigenvalue weighted by Gasteiger charge is 2.13. The Hall–Kier alpha value is -1.93. The van der Waals surface area contributed by atoms with Gasteiger partial charge in [0.25, 0.3) is 5.69 Å². The van der Waals surface area contributed by atoms with Crippen LogP contribution >= 0.6 is 11.6 Å². The summed E-state index contributed by atoms with van der Waals surface area (Å²) in [7, 11) is 0. The third-order valence-electron chi connectivity index (χ3n) is 3.86. The highest BCUT2D eigenvalue weighted by atomic mass is 35.5. The van der Waals surface area contributed by atoms with Crippen molar-refractivity contribution in [1.29, 1.82) is 0 Å². The quantitative estimate of drug-likeness (QED) is 0.138. The van der Waals surface area contributed by atoms with Crippen molar-refractivity contribution in [3.63, 3.8) is 0 Å². The summed E-state index contributed by atoms with van der Waals surface area (Å²) in [4.78, 5) is 10.6. The molecular weight excluding hydrogens is 428 g/mol. The van der Waals surface area contributed by atoms with Crippen molar-refractivity contribution in [2.75, 3.05) is 77.9 Å². The molecule has 1 aromatic rings. The van der Waals surface area contributed by atoms with Crippen molar-refractivity contribution < 1.29 is 28.6 Å². The van der Waals surface area contributed by atoms with E-state index in [0.717, 1.165) is 12.8 Å². The van der Waals surface area contributed by atoms with Gasteiger partial charge in [-0.1, -0.05) is 17.5 Å². The number of nitrogens with zero attached hydrogens (tertiary/aromatic N) is 1. The maximum atomic E-state index is 11.0. The summed E-state index contributed by atoms with van der Waals surface area (Å²) >= 11 is 5.80. The number of rotatable bonds is 20. The maximum Gasteiger partial charge on any atom is 0.293 e. The normalized spacial score (nSPS) is 10.7. The molecule has 0 fully saturated rings. The largest absolute Gasteiger partial charge is 0.379 e. The maximum absolute atomic E-state index is 11.0. The molecule has 0 bridgehead atoms. The third-order valence-corrected chi connectivity index (χ3v) is 4.10. The Morgan fingerprint density at radius 1 is 0.903 bits per heavy atom. The fourth-order valence-corrected chi connectivity index (χ4v) is 2.53. The Morgan fingerprint density at radius 2 is 1.45 bits per heavy atom. The zero-order chi connectivity index (χ0) is 22.6. The number of terminal acetylenes is 1. The Kier molecular flexibility index (Phi) is 16.4. The van der Waals surface area contributed by atoms with Gasteiger partial charge in [0, 0.05) is 24.2 Å². The lowest BCUT2D eigenvalue weighted by molar-refractivity contribution is -0.383. The van der Waals surface area contributed by atoms with Crippen LogP contribution in [0.25, 0.3) is 0 Å². The molecule has 0 heterocycles. The Labute approximate surface area is 188 Å². The molecule has 9 nitrogen and oxygen atoms in total. The van der Waals surface area contributed by atoms with E-state index in [2.05, 4.69) is 11.2 Å². The van der Waals surface area contributed by atoms with Crippen molar-refractivity contribution >= 4 is 23.0 Å². The van der Waals surface area contributed by atoms with Gasteiger partial charge in [0.2, 0.25) is 0 Å². The number of anilines is 1. The molecular formula is C21H31ClN2O7. The SMILES string of the molecule is C#CCOCCOCCOCCOCCOCCCCNc1ccc(Cl)cc1[N+](=O)[O-]. The second kappa shape index (κ2) is 18.8. The van der Waals surface area contributed by atoms with Gasteiger partial charge in [-0.25, -0.2) is 0 Å². The molecule has 174 valence electrons. The minimum atomic E-state index is -0.449. The molecule has 0 saturated carbocycles. The summed E-state index contributed by atoms with van der Waals surface area (Å²) < 4.78 is 26.7. The molecule has 0 radical (unpaired) electrons. The number of unbranched alkanes of at least 4 members (excludes halogenated alkanes) is 1. The van der Waals surface area contributed by atoms with E-state index < -0.39 is 4.92 Å². The average Bonchev–Trinajstić information content (AvgIpc) is 2.76. The topological polar surface area (TPSA) is 101 Å². The molecule has 1 N–H and O–H groups in total. The first kappa shape index (κ1) is 27.1. The Balaban J connectivity index is 1.84. The predicted octanol–water partition coefficient (Wildman–Crippen LogP) is 3.16. The monoisotopic (exact) mass is 458 g/mol. The molecule has 0 spiro atoms. The predicted molar refractivity (Wildman–Crippen MR) is 119 cm³/mol. The van der Waals surface area contributed by atoms with Gasteiger partial charge >= 0.3 is 0 Å². The lowest BCUT2D eigenvalue weighted by Crippen LogP contribution is -2.13. The smallest absolute Gasteiger partial charge is 0.293 e. The van der Waals surface area contributed by atoms with E-state index in [1.54, 1.807) is 12.1 Å². The van der Waals surface area contributed by atoms with E-state index in [0.29, 0.717) is 83.3 Å². The Morgan fingerprint density at radius 3 is 2.00 bits per heavy atom. The number of benzene rings is 1. The molecule has 1 aromatic carbocycles. The van der Waals surface area contributed by atoms with E-state index in [1.807, 2.05) is 0 Å². The van der Waals surface area contributed by atoms with Crippen molar-refractivity contribution in [2.24, 2.45) is 0 Å². The van der Waals surface area contributed by atoms with Crippen molar-refractivity contribution in [1.82, 2.24) is 0 Å². The fraction of sp³-hybridized carbons (Fsp3) is 0.619. The second-order valence-corrected chi connectivity index (χ2v) is 6.70. The molecule has 0 atom stereocenters. The van der Waals surface area contributed by atoms with Crippen molar-refractivity contribution in [3.8, 4) is 12.3 Å². The first-order valence-electron chi connectivity index (χ1n) is 10.1. The van der Waals surface area contributed by atoms with Gasteiger partial charge in [-0.2, -0.15) is 0 Å². The van der Waals surface area contributed by atoms with Crippen LogP contribution in [0.1, 0.15) is 12.8 Å². The number of nitro groups is 1. The van der Waals surface area contributed by atoms with Gasteiger partial charge < -0.3 is 29.0 Å². The zero-order valence-electron chi connectivity index (χ0n) is 17.7. The molecule has 10 heteroatoms. The minimum Gasteiger partial charge on any atom is -0.379 e. The molecule has 0 aliphatic carbocycles.